The zero-order valence-electron chi connectivity index (χ0n) is 13.3. The van der Waals surface area contributed by atoms with Crippen molar-refractivity contribution in [1.29, 1.82) is 0 Å². The maximum atomic E-state index is 12.4. The Hall–Kier alpha value is -1.79. The van der Waals surface area contributed by atoms with Crippen LogP contribution in [-0.4, -0.2) is 24.2 Å². The van der Waals surface area contributed by atoms with Crippen LogP contribution >= 0.6 is 23.1 Å². The van der Waals surface area contributed by atoms with E-state index in [2.05, 4.69) is 12.2 Å². The molecule has 1 heterocycles. The maximum absolute atomic E-state index is 12.4. The van der Waals surface area contributed by atoms with Crippen molar-refractivity contribution in [2.24, 2.45) is 0 Å². The fraction of sp³-hybridized carbons (Fsp3) is 0.294. The molecule has 2 rings (SSSR count). The Bertz CT molecular complexity index is 710. The molecular weight excluding hydrogens is 330 g/mol. The third-order valence-electron chi connectivity index (χ3n) is 3.02. The summed E-state index contributed by atoms with van der Waals surface area (Å²) in [5, 5.41) is 3.49. The van der Waals surface area contributed by atoms with Gasteiger partial charge in [0.1, 0.15) is 4.88 Å². The van der Waals surface area contributed by atoms with Crippen molar-refractivity contribution in [1.82, 2.24) is 0 Å². The van der Waals surface area contributed by atoms with Gasteiger partial charge in [0.25, 0.3) is 5.91 Å². The second-order valence-electron chi connectivity index (χ2n) is 4.76. The topological polar surface area (TPSA) is 55.4 Å². The van der Waals surface area contributed by atoms with Crippen LogP contribution in [0.15, 0.2) is 35.2 Å². The first-order chi connectivity index (χ1) is 11.0. The predicted octanol–water partition coefficient (Wildman–Crippen LogP) is 4.60. The zero-order valence-corrected chi connectivity index (χ0v) is 15.0. The lowest BCUT2D eigenvalue weighted by Gasteiger charge is -2.04. The second-order valence-corrected chi connectivity index (χ2v) is 7.15. The lowest BCUT2D eigenvalue weighted by Crippen LogP contribution is -2.10. The highest BCUT2D eigenvalue weighted by Crippen LogP contribution is 2.28. The highest BCUT2D eigenvalue weighted by molar-refractivity contribution is 7.99. The molecule has 0 aliphatic rings. The van der Waals surface area contributed by atoms with E-state index in [0.717, 1.165) is 16.2 Å². The van der Waals surface area contributed by atoms with Crippen molar-refractivity contribution in [3.63, 3.8) is 0 Å². The minimum absolute atomic E-state index is 0.180. The summed E-state index contributed by atoms with van der Waals surface area (Å²) in [6.07, 6.45) is 0. The molecule has 0 saturated carbocycles. The molecule has 0 fully saturated rings. The Morgan fingerprint density at radius 1 is 1.26 bits per heavy atom. The van der Waals surface area contributed by atoms with Gasteiger partial charge in [-0.15, -0.1) is 23.1 Å². The molecule has 2 aromatic rings. The van der Waals surface area contributed by atoms with Crippen molar-refractivity contribution >= 4 is 40.0 Å². The molecule has 4 nitrogen and oxygen atoms in total. The van der Waals surface area contributed by atoms with E-state index in [0.29, 0.717) is 22.0 Å². The number of aryl methyl sites for hydroxylation is 1. The fourth-order valence-electron chi connectivity index (χ4n) is 2.02. The summed E-state index contributed by atoms with van der Waals surface area (Å²) < 4.78 is 5.01. The highest BCUT2D eigenvalue weighted by Gasteiger charge is 2.16. The normalized spacial score (nSPS) is 10.4. The van der Waals surface area contributed by atoms with Gasteiger partial charge in [-0.3, -0.25) is 4.79 Å². The van der Waals surface area contributed by atoms with Gasteiger partial charge >= 0.3 is 5.97 Å². The number of carbonyl (C=O) groups is 2. The zero-order chi connectivity index (χ0) is 16.8. The number of hydrogen-bond acceptors (Lipinski definition) is 5. The Morgan fingerprint density at radius 2 is 2.04 bits per heavy atom. The number of hydrogen-bond donors (Lipinski definition) is 1. The molecule has 6 heteroatoms. The molecule has 122 valence electrons. The molecule has 0 atom stereocenters. The largest absolute Gasteiger partial charge is 0.462 e. The number of nitrogens with one attached hydrogen (secondary N) is 1. The molecule has 1 N–H and O–H groups in total. The third kappa shape index (κ3) is 4.59. The van der Waals surface area contributed by atoms with Crippen LogP contribution in [0.5, 0.6) is 0 Å². The lowest BCUT2D eigenvalue weighted by atomic mass is 10.2. The van der Waals surface area contributed by atoms with Crippen LogP contribution in [-0.2, 0) is 4.74 Å². The van der Waals surface area contributed by atoms with Crippen LogP contribution < -0.4 is 5.32 Å². The van der Waals surface area contributed by atoms with Crippen molar-refractivity contribution in [2.75, 3.05) is 17.7 Å². The summed E-state index contributed by atoms with van der Waals surface area (Å²) in [5.74, 6) is 0.426. The van der Waals surface area contributed by atoms with Gasteiger partial charge in [-0.1, -0.05) is 13.0 Å². The van der Waals surface area contributed by atoms with Gasteiger partial charge in [0, 0.05) is 10.5 Å². The standard InChI is InChI=1S/C17H19NO3S2/c1-4-21-17(20)15-11(3)9-14(23-15)18-16(19)12-7-6-8-13(10-12)22-5-2/h6-10H,4-5H2,1-3H3,(H,18,19). The Morgan fingerprint density at radius 3 is 2.74 bits per heavy atom. The minimum atomic E-state index is -0.350. The number of carbonyl (C=O) groups excluding carboxylic acids is 2. The van der Waals surface area contributed by atoms with E-state index in [9.17, 15) is 9.59 Å². The molecule has 1 amide bonds. The molecule has 0 spiro atoms. The number of anilines is 1. The summed E-state index contributed by atoms with van der Waals surface area (Å²) in [7, 11) is 0. The van der Waals surface area contributed by atoms with Crippen molar-refractivity contribution in [2.45, 2.75) is 25.7 Å². The van der Waals surface area contributed by atoms with E-state index in [1.807, 2.05) is 25.1 Å². The summed E-state index contributed by atoms with van der Waals surface area (Å²) in [4.78, 5) is 25.8. The third-order valence-corrected chi connectivity index (χ3v) is 5.03. The number of rotatable bonds is 6. The first kappa shape index (κ1) is 17.6. The van der Waals surface area contributed by atoms with Gasteiger partial charge in [0.2, 0.25) is 0 Å². The molecule has 0 radical (unpaired) electrons. The van der Waals surface area contributed by atoms with Crippen LogP contribution in [0.3, 0.4) is 0 Å². The molecule has 23 heavy (non-hydrogen) atoms. The van der Waals surface area contributed by atoms with Gasteiger partial charge in [-0.2, -0.15) is 0 Å². The van der Waals surface area contributed by atoms with Crippen LogP contribution in [0.4, 0.5) is 5.00 Å². The molecule has 0 aliphatic heterocycles. The van der Waals surface area contributed by atoms with E-state index < -0.39 is 0 Å². The van der Waals surface area contributed by atoms with Gasteiger partial charge < -0.3 is 10.1 Å². The fourth-order valence-corrected chi connectivity index (χ4v) is 3.70. The molecular formula is C17H19NO3S2. The summed E-state index contributed by atoms with van der Waals surface area (Å²) >= 11 is 2.92. The first-order valence-corrected chi connectivity index (χ1v) is 9.17. The Balaban J connectivity index is 2.13. The molecule has 0 unspecified atom stereocenters. The average Bonchev–Trinajstić information content (AvgIpc) is 2.89. The number of esters is 1. The Kier molecular flexibility index (Phi) is 6.24. The Labute approximate surface area is 144 Å². The van der Waals surface area contributed by atoms with Gasteiger partial charge in [-0.05, 0) is 49.4 Å². The first-order valence-electron chi connectivity index (χ1n) is 7.37. The van der Waals surface area contributed by atoms with Crippen molar-refractivity contribution < 1.29 is 14.3 Å². The predicted molar refractivity (Wildman–Crippen MR) is 95.8 cm³/mol. The summed E-state index contributed by atoms with van der Waals surface area (Å²) in [6, 6.07) is 9.30. The smallest absolute Gasteiger partial charge is 0.348 e. The van der Waals surface area contributed by atoms with Gasteiger partial charge in [0.15, 0.2) is 0 Å². The lowest BCUT2D eigenvalue weighted by molar-refractivity contribution is 0.0531. The van der Waals surface area contributed by atoms with Crippen LogP contribution in [0, 0.1) is 6.92 Å². The monoisotopic (exact) mass is 349 g/mol. The molecule has 1 aromatic heterocycles. The van der Waals surface area contributed by atoms with Crippen LogP contribution in [0.1, 0.15) is 39.4 Å². The van der Waals surface area contributed by atoms with Gasteiger partial charge in [0.05, 0.1) is 11.6 Å². The highest BCUT2D eigenvalue weighted by atomic mass is 32.2. The van der Waals surface area contributed by atoms with E-state index in [4.69, 9.17) is 4.74 Å². The van der Waals surface area contributed by atoms with E-state index >= 15 is 0 Å². The average molecular weight is 349 g/mol. The molecule has 0 bridgehead atoms. The quantitative estimate of drug-likeness (QED) is 0.612. The van der Waals surface area contributed by atoms with E-state index in [1.165, 1.54) is 11.3 Å². The summed E-state index contributed by atoms with van der Waals surface area (Å²) in [5.41, 5.74) is 1.41. The van der Waals surface area contributed by atoms with Crippen molar-refractivity contribution in [3.05, 3.63) is 46.3 Å². The summed E-state index contributed by atoms with van der Waals surface area (Å²) in [6.45, 7) is 6.00. The van der Waals surface area contributed by atoms with Crippen molar-refractivity contribution in [3.8, 4) is 0 Å². The number of amides is 1. The van der Waals surface area contributed by atoms with Crippen LogP contribution in [0.25, 0.3) is 0 Å². The molecule has 0 aliphatic carbocycles. The SMILES string of the molecule is CCOC(=O)c1sc(NC(=O)c2cccc(SCC)c2)cc1C. The number of benzene rings is 1. The minimum Gasteiger partial charge on any atom is -0.462 e. The number of thiophene rings is 1. The van der Waals surface area contributed by atoms with E-state index in [-0.39, 0.29) is 11.9 Å². The molecule has 1 aromatic carbocycles. The second kappa shape index (κ2) is 8.17. The van der Waals surface area contributed by atoms with Crippen LogP contribution in [0.2, 0.25) is 0 Å². The maximum Gasteiger partial charge on any atom is 0.348 e. The number of ether oxygens (including phenoxy) is 1. The van der Waals surface area contributed by atoms with E-state index in [1.54, 1.807) is 30.8 Å². The van der Waals surface area contributed by atoms with Gasteiger partial charge in [-0.25, -0.2) is 4.79 Å². The number of thioether (sulfide) groups is 1. The molecule has 0 saturated heterocycles.